The lowest BCUT2D eigenvalue weighted by molar-refractivity contribution is 0.102. The minimum absolute atomic E-state index is 0. The minimum Gasteiger partial charge on any atom is -0.489 e. The second-order valence-corrected chi connectivity index (χ2v) is 7.33. The van der Waals surface area contributed by atoms with Crippen molar-refractivity contribution in [2.24, 2.45) is 0 Å². The van der Waals surface area contributed by atoms with Crippen LogP contribution in [0.1, 0.15) is 40.5 Å². The van der Waals surface area contributed by atoms with E-state index in [0.29, 0.717) is 18.3 Å². The normalized spacial score (nSPS) is 15.8. The lowest BCUT2D eigenvalue weighted by atomic mass is 10.1. The molecule has 1 amide bonds. The Balaban J connectivity index is 0.00000256. The second-order valence-electron chi connectivity index (χ2n) is 7.33. The van der Waals surface area contributed by atoms with Gasteiger partial charge in [0.25, 0.3) is 5.91 Å². The summed E-state index contributed by atoms with van der Waals surface area (Å²) in [6.45, 7) is 4.38. The zero-order chi connectivity index (χ0) is 20.1. The standard InChI is InChI=1S/C23H26N4O2.ClH/c1-17-18(16-29-20-9-3-2-4-10-20)7-5-11-21(17)25-23(28)22-12-14-27(26-22)19-8-6-13-24-15-19;/h2-5,7,9-12,14,19,24H,6,8,13,15-16H2,1H3,(H,25,28);1H. The lowest BCUT2D eigenvalue weighted by Gasteiger charge is -2.22. The maximum atomic E-state index is 12.7. The van der Waals surface area contributed by atoms with Crippen molar-refractivity contribution in [3.63, 3.8) is 0 Å². The number of benzene rings is 2. The van der Waals surface area contributed by atoms with Gasteiger partial charge in [0.15, 0.2) is 5.69 Å². The van der Waals surface area contributed by atoms with Crippen molar-refractivity contribution < 1.29 is 9.53 Å². The highest BCUT2D eigenvalue weighted by Crippen LogP contribution is 2.22. The number of carbonyl (C=O) groups excluding carboxylic acids is 1. The monoisotopic (exact) mass is 426 g/mol. The first-order valence-corrected chi connectivity index (χ1v) is 10.0. The van der Waals surface area contributed by atoms with Gasteiger partial charge in [0.05, 0.1) is 6.04 Å². The summed E-state index contributed by atoms with van der Waals surface area (Å²) in [6.07, 6.45) is 4.10. The molecule has 0 bridgehead atoms. The Labute approximate surface area is 183 Å². The molecular formula is C23H27ClN4O2. The summed E-state index contributed by atoms with van der Waals surface area (Å²) in [5.41, 5.74) is 3.23. The number of carbonyl (C=O) groups is 1. The Kier molecular flexibility index (Phi) is 7.49. The second kappa shape index (κ2) is 10.3. The maximum Gasteiger partial charge on any atom is 0.276 e. The van der Waals surface area contributed by atoms with Crippen molar-refractivity contribution in [3.05, 3.63) is 77.6 Å². The van der Waals surface area contributed by atoms with Crippen molar-refractivity contribution in [1.29, 1.82) is 0 Å². The molecule has 1 unspecified atom stereocenters. The van der Waals surface area contributed by atoms with Crippen LogP contribution in [-0.2, 0) is 6.61 Å². The molecule has 2 N–H and O–H groups in total. The van der Waals surface area contributed by atoms with Crippen molar-refractivity contribution in [3.8, 4) is 5.75 Å². The van der Waals surface area contributed by atoms with Gasteiger partial charge < -0.3 is 15.4 Å². The predicted octanol–water partition coefficient (Wildman–Crippen LogP) is 4.37. The van der Waals surface area contributed by atoms with Crippen LogP contribution in [0.4, 0.5) is 5.69 Å². The van der Waals surface area contributed by atoms with Crippen LogP contribution in [0.2, 0.25) is 0 Å². The summed E-state index contributed by atoms with van der Waals surface area (Å²) in [6, 6.07) is 17.6. The van der Waals surface area contributed by atoms with Crippen molar-refractivity contribution in [2.45, 2.75) is 32.4 Å². The number of hydrogen-bond acceptors (Lipinski definition) is 4. The lowest BCUT2D eigenvalue weighted by Crippen LogP contribution is -2.32. The number of piperidine rings is 1. The molecule has 0 aliphatic carbocycles. The summed E-state index contributed by atoms with van der Waals surface area (Å²) in [5.74, 6) is 0.626. The molecule has 1 saturated heterocycles. The molecule has 1 aromatic heterocycles. The van der Waals surface area contributed by atoms with Gasteiger partial charge in [-0.1, -0.05) is 30.3 Å². The number of halogens is 1. The van der Waals surface area contributed by atoms with E-state index in [1.165, 1.54) is 0 Å². The number of anilines is 1. The molecule has 3 aromatic rings. The number of aromatic nitrogens is 2. The Morgan fingerprint density at radius 1 is 1.20 bits per heavy atom. The topological polar surface area (TPSA) is 68.2 Å². The number of amides is 1. The highest BCUT2D eigenvalue weighted by molar-refractivity contribution is 6.03. The molecule has 2 heterocycles. The summed E-state index contributed by atoms with van der Waals surface area (Å²) < 4.78 is 7.75. The molecule has 0 saturated carbocycles. The van der Waals surface area contributed by atoms with Gasteiger partial charge in [-0.2, -0.15) is 5.10 Å². The SMILES string of the molecule is Cc1c(COc2ccccc2)cccc1NC(=O)c1ccn(C2CCCNC2)n1.Cl. The van der Waals surface area contributed by atoms with Crippen LogP contribution in [0.3, 0.4) is 0 Å². The molecule has 0 radical (unpaired) electrons. The predicted molar refractivity (Wildman–Crippen MR) is 121 cm³/mol. The molecular weight excluding hydrogens is 400 g/mol. The van der Waals surface area contributed by atoms with Crippen LogP contribution in [-0.4, -0.2) is 28.8 Å². The fourth-order valence-electron chi connectivity index (χ4n) is 3.56. The molecule has 1 aliphatic heterocycles. The number of nitrogens with one attached hydrogen (secondary N) is 2. The van der Waals surface area contributed by atoms with Crippen molar-refractivity contribution >= 4 is 24.0 Å². The summed E-state index contributed by atoms with van der Waals surface area (Å²) in [5, 5.41) is 10.9. The fourth-order valence-corrected chi connectivity index (χ4v) is 3.56. The molecule has 6 nitrogen and oxygen atoms in total. The van der Waals surface area contributed by atoms with E-state index >= 15 is 0 Å². The average Bonchev–Trinajstić information content (AvgIpc) is 3.26. The van der Waals surface area contributed by atoms with Gasteiger partial charge in [-0.05, 0) is 61.7 Å². The van der Waals surface area contributed by atoms with Gasteiger partial charge in [-0.25, -0.2) is 0 Å². The maximum absolute atomic E-state index is 12.7. The van der Waals surface area contributed by atoms with E-state index < -0.39 is 0 Å². The van der Waals surface area contributed by atoms with Crippen LogP contribution < -0.4 is 15.4 Å². The minimum atomic E-state index is -0.197. The average molecular weight is 427 g/mol. The molecule has 0 spiro atoms. The van der Waals surface area contributed by atoms with Crippen LogP contribution >= 0.6 is 12.4 Å². The Morgan fingerprint density at radius 3 is 2.80 bits per heavy atom. The van der Waals surface area contributed by atoms with E-state index in [1.54, 1.807) is 6.07 Å². The summed E-state index contributed by atoms with van der Waals surface area (Å²) in [7, 11) is 0. The third-order valence-electron chi connectivity index (χ3n) is 5.32. The van der Waals surface area contributed by atoms with Crippen molar-refractivity contribution in [2.75, 3.05) is 18.4 Å². The van der Waals surface area contributed by atoms with E-state index in [9.17, 15) is 4.79 Å². The third-order valence-corrected chi connectivity index (χ3v) is 5.32. The first-order chi connectivity index (χ1) is 14.2. The highest BCUT2D eigenvalue weighted by Gasteiger charge is 2.18. The quantitative estimate of drug-likeness (QED) is 0.614. The first-order valence-electron chi connectivity index (χ1n) is 10.0. The van der Waals surface area contributed by atoms with Gasteiger partial charge in [0.1, 0.15) is 12.4 Å². The molecule has 1 atom stereocenters. The van der Waals surface area contributed by atoms with E-state index in [0.717, 1.165) is 48.5 Å². The first kappa shape index (κ1) is 21.9. The van der Waals surface area contributed by atoms with Gasteiger partial charge in [-0.15, -0.1) is 12.4 Å². The molecule has 1 aliphatic rings. The molecule has 2 aromatic carbocycles. The smallest absolute Gasteiger partial charge is 0.276 e. The van der Waals surface area contributed by atoms with Crippen molar-refractivity contribution in [1.82, 2.24) is 15.1 Å². The van der Waals surface area contributed by atoms with Crippen LogP contribution in [0.5, 0.6) is 5.75 Å². The van der Waals surface area contributed by atoms with Gasteiger partial charge in [-0.3, -0.25) is 9.48 Å². The van der Waals surface area contributed by atoms with E-state index in [-0.39, 0.29) is 18.3 Å². The Hall–Kier alpha value is -2.83. The highest BCUT2D eigenvalue weighted by atomic mass is 35.5. The Morgan fingerprint density at radius 2 is 2.03 bits per heavy atom. The number of ether oxygens (including phenoxy) is 1. The Bertz CT molecular complexity index is 968. The zero-order valence-corrected chi connectivity index (χ0v) is 17.8. The van der Waals surface area contributed by atoms with Crippen LogP contribution in [0, 0.1) is 6.92 Å². The molecule has 1 fully saturated rings. The molecule has 158 valence electrons. The van der Waals surface area contributed by atoms with E-state index in [1.807, 2.05) is 66.3 Å². The third kappa shape index (κ3) is 5.20. The van der Waals surface area contributed by atoms with Gasteiger partial charge >= 0.3 is 0 Å². The summed E-state index contributed by atoms with van der Waals surface area (Å²) in [4.78, 5) is 12.7. The molecule has 30 heavy (non-hydrogen) atoms. The molecule has 4 rings (SSSR count). The largest absolute Gasteiger partial charge is 0.489 e. The van der Waals surface area contributed by atoms with Gasteiger partial charge in [0.2, 0.25) is 0 Å². The fraction of sp³-hybridized carbons (Fsp3) is 0.304. The van der Waals surface area contributed by atoms with E-state index in [4.69, 9.17) is 4.74 Å². The van der Waals surface area contributed by atoms with Crippen LogP contribution in [0.15, 0.2) is 60.8 Å². The molecule has 7 heteroatoms. The number of para-hydroxylation sites is 1. The number of rotatable bonds is 6. The van der Waals surface area contributed by atoms with Gasteiger partial charge in [0, 0.05) is 18.4 Å². The van der Waals surface area contributed by atoms with E-state index in [2.05, 4.69) is 15.7 Å². The van der Waals surface area contributed by atoms with Crippen LogP contribution in [0.25, 0.3) is 0 Å². The number of hydrogen-bond donors (Lipinski definition) is 2. The summed E-state index contributed by atoms with van der Waals surface area (Å²) >= 11 is 0. The number of nitrogens with zero attached hydrogens (tertiary/aromatic N) is 2. The zero-order valence-electron chi connectivity index (χ0n) is 17.0.